The summed E-state index contributed by atoms with van der Waals surface area (Å²) in [6, 6.07) is 8.33. The maximum atomic E-state index is 11.6. The lowest BCUT2D eigenvalue weighted by Crippen LogP contribution is -2.39. The lowest BCUT2D eigenvalue weighted by atomic mass is 9.99. The molecule has 1 fully saturated rings. The Hall–Kier alpha value is -1.34. The fourth-order valence-corrected chi connectivity index (χ4v) is 2.97. The number of nitrogens with one attached hydrogen (secondary N) is 2. The molecule has 0 aliphatic carbocycles. The summed E-state index contributed by atoms with van der Waals surface area (Å²) in [5, 5.41) is 5.23. The van der Waals surface area contributed by atoms with Crippen molar-refractivity contribution in [3.63, 3.8) is 0 Å². The van der Waals surface area contributed by atoms with E-state index in [-0.39, 0.29) is 49.7 Å². The van der Waals surface area contributed by atoms with Crippen molar-refractivity contribution in [2.45, 2.75) is 32.9 Å². The first-order chi connectivity index (χ1) is 11.6. The molecule has 1 aliphatic heterocycles. The predicted octanol–water partition coefficient (Wildman–Crippen LogP) is 1.45. The molecule has 0 saturated carbocycles. The fraction of sp³-hybridized carbons (Fsp3) is 0.556. The van der Waals surface area contributed by atoms with Crippen molar-refractivity contribution in [1.29, 1.82) is 0 Å². The number of carbonyl (C=O) groups excluding carboxylic acids is 2. The van der Waals surface area contributed by atoms with Gasteiger partial charge in [-0.1, -0.05) is 31.2 Å². The van der Waals surface area contributed by atoms with Gasteiger partial charge in [0.15, 0.2) is 0 Å². The van der Waals surface area contributed by atoms with E-state index in [0.717, 1.165) is 18.0 Å². The van der Waals surface area contributed by atoms with E-state index in [2.05, 4.69) is 34.6 Å². The van der Waals surface area contributed by atoms with Gasteiger partial charge in [0.05, 0.1) is 13.1 Å². The van der Waals surface area contributed by atoms with Gasteiger partial charge in [0.2, 0.25) is 11.8 Å². The molecule has 0 spiro atoms. The predicted molar refractivity (Wildman–Crippen MR) is 109 cm³/mol. The molecule has 0 bridgehead atoms. The lowest BCUT2D eigenvalue weighted by Gasteiger charge is -2.30. The van der Waals surface area contributed by atoms with Gasteiger partial charge in [-0.2, -0.15) is 0 Å². The van der Waals surface area contributed by atoms with E-state index in [1.165, 1.54) is 31.5 Å². The second kappa shape index (κ2) is 12.9. The SMILES string of the molecule is CC1CCCN(Cc2ccc(CNC(=O)CNC(=O)CN)cc2)C1.Cl.Cl. The van der Waals surface area contributed by atoms with Gasteiger partial charge in [0, 0.05) is 19.6 Å². The first kappa shape index (κ1) is 24.7. The molecule has 26 heavy (non-hydrogen) atoms. The van der Waals surface area contributed by atoms with Gasteiger partial charge in [-0.15, -0.1) is 24.8 Å². The summed E-state index contributed by atoms with van der Waals surface area (Å²) >= 11 is 0. The molecule has 1 atom stereocenters. The Morgan fingerprint density at radius 3 is 2.38 bits per heavy atom. The largest absolute Gasteiger partial charge is 0.350 e. The summed E-state index contributed by atoms with van der Waals surface area (Å²) in [6.07, 6.45) is 2.62. The molecule has 1 saturated heterocycles. The van der Waals surface area contributed by atoms with E-state index in [1.54, 1.807) is 0 Å². The number of hydrogen-bond donors (Lipinski definition) is 3. The van der Waals surface area contributed by atoms with Crippen molar-refractivity contribution in [3.05, 3.63) is 35.4 Å². The molecule has 0 radical (unpaired) electrons. The molecule has 6 nitrogen and oxygen atoms in total. The first-order valence-corrected chi connectivity index (χ1v) is 8.60. The molecule has 1 unspecified atom stereocenters. The highest BCUT2D eigenvalue weighted by Crippen LogP contribution is 2.18. The molecule has 1 heterocycles. The van der Waals surface area contributed by atoms with E-state index >= 15 is 0 Å². The van der Waals surface area contributed by atoms with Crippen molar-refractivity contribution in [1.82, 2.24) is 15.5 Å². The van der Waals surface area contributed by atoms with Gasteiger partial charge < -0.3 is 16.4 Å². The van der Waals surface area contributed by atoms with Gasteiger partial charge in [-0.3, -0.25) is 14.5 Å². The maximum absolute atomic E-state index is 11.6. The number of halogens is 2. The number of hydrogen-bond acceptors (Lipinski definition) is 4. The van der Waals surface area contributed by atoms with Crippen molar-refractivity contribution < 1.29 is 9.59 Å². The van der Waals surface area contributed by atoms with E-state index in [1.807, 2.05) is 12.1 Å². The molecular formula is C18H30Cl2N4O2. The fourth-order valence-electron chi connectivity index (χ4n) is 2.97. The monoisotopic (exact) mass is 404 g/mol. The molecule has 2 amide bonds. The molecule has 148 valence electrons. The van der Waals surface area contributed by atoms with E-state index in [9.17, 15) is 9.59 Å². The van der Waals surface area contributed by atoms with Crippen LogP contribution in [0.25, 0.3) is 0 Å². The van der Waals surface area contributed by atoms with Crippen molar-refractivity contribution in [2.24, 2.45) is 11.7 Å². The zero-order valence-electron chi connectivity index (χ0n) is 15.2. The topological polar surface area (TPSA) is 87.5 Å². The van der Waals surface area contributed by atoms with Gasteiger partial charge in [-0.05, 0) is 36.4 Å². The number of amides is 2. The van der Waals surface area contributed by atoms with Crippen LogP contribution >= 0.6 is 24.8 Å². The van der Waals surface area contributed by atoms with Gasteiger partial charge in [0.25, 0.3) is 0 Å². The van der Waals surface area contributed by atoms with Crippen LogP contribution in [0.5, 0.6) is 0 Å². The molecule has 4 N–H and O–H groups in total. The van der Waals surface area contributed by atoms with Gasteiger partial charge >= 0.3 is 0 Å². The molecule has 1 aromatic carbocycles. The second-order valence-corrected chi connectivity index (χ2v) is 6.56. The zero-order chi connectivity index (χ0) is 17.4. The molecule has 8 heteroatoms. The van der Waals surface area contributed by atoms with Gasteiger partial charge in [0.1, 0.15) is 0 Å². The van der Waals surface area contributed by atoms with Crippen molar-refractivity contribution in [2.75, 3.05) is 26.2 Å². The first-order valence-electron chi connectivity index (χ1n) is 8.60. The summed E-state index contributed by atoms with van der Waals surface area (Å²) in [4.78, 5) is 25.1. The Morgan fingerprint density at radius 1 is 1.12 bits per heavy atom. The van der Waals surface area contributed by atoms with E-state index < -0.39 is 0 Å². The zero-order valence-corrected chi connectivity index (χ0v) is 16.8. The standard InChI is InChI=1S/C18H28N4O2.2ClH/c1-14-3-2-8-22(12-14)13-16-6-4-15(5-7-16)10-20-18(24)11-21-17(23)9-19;;/h4-7,14H,2-3,8-13,19H2,1H3,(H,20,24)(H,21,23);2*1H. The normalized spacial score (nSPS) is 16.8. The van der Waals surface area contributed by atoms with Gasteiger partial charge in [-0.25, -0.2) is 0 Å². The third-order valence-electron chi connectivity index (χ3n) is 4.29. The van der Waals surface area contributed by atoms with E-state index in [4.69, 9.17) is 5.73 Å². The summed E-state index contributed by atoms with van der Waals surface area (Å²) in [5.74, 6) is 0.234. The van der Waals surface area contributed by atoms with Crippen LogP contribution in [0.3, 0.4) is 0 Å². The number of nitrogens with zero attached hydrogens (tertiary/aromatic N) is 1. The number of piperidine rings is 1. The third-order valence-corrected chi connectivity index (χ3v) is 4.29. The highest BCUT2D eigenvalue weighted by molar-refractivity contribution is 5.86. The van der Waals surface area contributed by atoms with Crippen LogP contribution in [0.4, 0.5) is 0 Å². The molecular weight excluding hydrogens is 375 g/mol. The maximum Gasteiger partial charge on any atom is 0.239 e. The number of nitrogens with two attached hydrogens (primary N) is 1. The molecule has 1 aliphatic rings. The average Bonchev–Trinajstić information content (AvgIpc) is 2.59. The van der Waals surface area contributed by atoms with Crippen LogP contribution in [0.2, 0.25) is 0 Å². The number of carbonyl (C=O) groups is 2. The quantitative estimate of drug-likeness (QED) is 0.641. The van der Waals surface area contributed by atoms with Crippen LogP contribution in [-0.4, -0.2) is 42.9 Å². The minimum atomic E-state index is -0.332. The Labute approximate surface area is 168 Å². The van der Waals surface area contributed by atoms with Crippen LogP contribution < -0.4 is 16.4 Å². The number of likely N-dealkylation sites (tertiary alicyclic amines) is 1. The lowest BCUT2D eigenvalue weighted by molar-refractivity contribution is -0.125. The smallest absolute Gasteiger partial charge is 0.239 e. The van der Waals surface area contributed by atoms with E-state index in [0.29, 0.717) is 6.54 Å². The minimum Gasteiger partial charge on any atom is -0.350 e. The minimum absolute atomic E-state index is 0. The Morgan fingerprint density at radius 2 is 1.77 bits per heavy atom. The summed E-state index contributed by atoms with van der Waals surface area (Å²) in [7, 11) is 0. The highest BCUT2D eigenvalue weighted by atomic mass is 35.5. The van der Waals surface area contributed by atoms with Crippen molar-refractivity contribution >= 4 is 36.6 Å². The van der Waals surface area contributed by atoms with Crippen LogP contribution in [0.15, 0.2) is 24.3 Å². The third kappa shape index (κ3) is 8.85. The van der Waals surface area contributed by atoms with Crippen LogP contribution in [0.1, 0.15) is 30.9 Å². The molecule has 2 rings (SSSR count). The molecule has 1 aromatic rings. The van der Waals surface area contributed by atoms with Crippen molar-refractivity contribution in [3.8, 4) is 0 Å². The summed E-state index contributed by atoms with van der Waals surface area (Å²) in [5.41, 5.74) is 7.51. The summed E-state index contributed by atoms with van der Waals surface area (Å²) < 4.78 is 0. The summed E-state index contributed by atoms with van der Waals surface area (Å²) in [6.45, 7) is 5.96. The molecule has 0 aromatic heterocycles. The Kier molecular flexibility index (Phi) is 12.3. The average molecular weight is 405 g/mol. The Balaban J connectivity index is 0.00000312. The van der Waals surface area contributed by atoms with Crippen LogP contribution in [0, 0.1) is 5.92 Å². The number of benzene rings is 1. The second-order valence-electron chi connectivity index (χ2n) is 6.56. The van der Waals surface area contributed by atoms with Crippen LogP contribution in [-0.2, 0) is 22.7 Å². The number of rotatable bonds is 7. The Bertz CT molecular complexity index is 555. The highest BCUT2D eigenvalue weighted by Gasteiger charge is 2.16.